The summed E-state index contributed by atoms with van der Waals surface area (Å²) in [6.07, 6.45) is 3.88. The van der Waals surface area contributed by atoms with Gasteiger partial charge in [-0.15, -0.1) is 0 Å². The van der Waals surface area contributed by atoms with Gasteiger partial charge in [0.15, 0.2) is 5.11 Å². The van der Waals surface area contributed by atoms with E-state index in [-0.39, 0.29) is 17.8 Å². The number of nitrogens with one attached hydrogen (secondary N) is 1. The maximum absolute atomic E-state index is 9.73. The Morgan fingerprint density at radius 1 is 1.03 bits per heavy atom. The number of hydrogen-bond donors (Lipinski definition) is 2. The Labute approximate surface area is 193 Å². The lowest BCUT2D eigenvalue weighted by Crippen LogP contribution is -2.42. The number of phenolic OH excluding ortho intramolecular Hbond substituents is 1. The van der Waals surface area contributed by atoms with Crippen molar-refractivity contribution in [1.82, 2.24) is 24.7 Å². The molecule has 2 aliphatic heterocycles. The number of pyridine rings is 1. The number of benzene rings is 1. The summed E-state index contributed by atoms with van der Waals surface area (Å²) in [5, 5.41) is 14.0. The summed E-state index contributed by atoms with van der Waals surface area (Å²) in [5.41, 5.74) is 3.08. The van der Waals surface area contributed by atoms with Gasteiger partial charge in [-0.05, 0) is 60.7 Å². The van der Waals surface area contributed by atoms with Crippen LogP contribution in [0.1, 0.15) is 23.5 Å². The predicted octanol–water partition coefficient (Wildman–Crippen LogP) is 2.88. The first kappa shape index (κ1) is 20.9. The minimum Gasteiger partial charge on any atom is -0.508 e. The van der Waals surface area contributed by atoms with Crippen LogP contribution in [0.5, 0.6) is 5.75 Å². The number of ether oxygens (including phenoxy) is 1. The largest absolute Gasteiger partial charge is 0.508 e. The number of aromatic nitrogens is 2. The van der Waals surface area contributed by atoms with E-state index in [9.17, 15) is 5.11 Å². The van der Waals surface area contributed by atoms with E-state index in [1.54, 1.807) is 12.1 Å². The molecule has 2 fully saturated rings. The quantitative estimate of drug-likeness (QED) is 0.561. The van der Waals surface area contributed by atoms with Crippen LogP contribution in [0.25, 0.3) is 5.69 Å². The van der Waals surface area contributed by atoms with E-state index in [4.69, 9.17) is 17.0 Å². The summed E-state index contributed by atoms with van der Waals surface area (Å²) < 4.78 is 7.66. The van der Waals surface area contributed by atoms with E-state index < -0.39 is 0 Å². The SMILES string of the molecule is Oc1ccc(-n2cccc2[C@H]2[C@@H](c3ccccn3)NC(=S)N2CCN2CCOCC2)cc1. The summed E-state index contributed by atoms with van der Waals surface area (Å²) in [6.45, 7) is 5.22. The summed E-state index contributed by atoms with van der Waals surface area (Å²) >= 11 is 5.81. The maximum Gasteiger partial charge on any atom is 0.170 e. The molecule has 0 bridgehead atoms. The second-order valence-electron chi connectivity index (χ2n) is 8.09. The molecule has 0 amide bonds. The average Bonchev–Trinajstić information content (AvgIpc) is 3.43. The van der Waals surface area contributed by atoms with Crippen molar-refractivity contribution in [1.29, 1.82) is 0 Å². The Kier molecular flexibility index (Phi) is 6.07. The summed E-state index contributed by atoms with van der Waals surface area (Å²) in [5.74, 6) is 0.254. The van der Waals surface area contributed by atoms with Crippen molar-refractivity contribution < 1.29 is 9.84 Å². The zero-order valence-corrected chi connectivity index (χ0v) is 18.6. The molecule has 2 aliphatic rings. The van der Waals surface area contributed by atoms with Gasteiger partial charge >= 0.3 is 0 Å². The molecule has 0 saturated carbocycles. The zero-order chi connectivity index (χ0) is 21.9. The fourth-order valence-electron chi connectivity index (χ4n) is 4.53. The molecule has 32 heavy (non-hydrogen) atoms. The topological polar surface area (TPSA) is 65.8 Å². The van der Waals surface area contributed by atoms with Crippen LogP contribution in [0.4, 0.5) is 0 Å². The maximum atomic E-state index is 9.73. The number of nitrogens with zero attached hydrogens (tertiary/aromatic N) is 4. The molecule has 0 aliphatic carbocycles. The molecule has 166 valence electrons. The number of hydrogen-bond acceptors (Lipinski definition) is 5. The number of morpholine rings is 1. The van der Waals surface area contributed by atoms with Crippen LogP contribution in [0, 0.1) is 0 Å². The fraction of sp³-hybridized carbons (Fsp3) is 0.333. The van der Waals surface area contributed by atoms with E-state index in [0.717, 1.165) is 61.6 Å². The molecule has 4 heterocycles. The van der Waals surface area contributed by atoms with Gasteiger partial charge in [0.05, 0.1) is 31.0 Å². The van der Waals surface area contributed by atoms with Crippen LogP contribution in [0.15, 0.2) is 67.0 Å². The van der Waals surface area contributed by atoms with E-state index in [2.05, 4.69) is 43.0 Å². The molecule has 8 heteroatoms. The van der Waals surface area contributed by atoms with Crippen LogP contribution in [-0.4, -0.2) is 69.0 Å². The van der Waals surface area contributed by atoms with Crippen molar-refractivity contribution in [2.45, 2.75) is 12.1 Å². The van der Waals surface area contributed by atoms with Gasteiger partial charge in [0, 0.05) is 50.0 Å². The lowest BCUT2D eigenvalue weighted by molar-refractivity contribution is 0.0349. The number of thiocarbonyl (C=S) groups is 1. The Balaban J connectivity index is 1.49. The van der Waals surface area contributed by atoms with E-state index in [0.29, 0.717) is 0 Å². The van der Waals surface area contributed by atoms with Crippen molar-refractivity contribution >= 4 is 17.3 Å². The van der Waals surface area contributed by atoms with Crippen LogP contribution < -0.4 is 5.32 Å². The van der Waals surface area contributed by atoms with Gasteiger partial charge in [0.2, 0.25) is 0 Å². The summed E-state index contributed by atoms with van der Waals surface area (Å²) in [7, 11) is 0. The van der Waals surface area contributed by atoms with Crippen LogP contribution in [0.2, 0.25) is 0 Å². The predicted molar refractivity (Wildman–Crippen MR) is 127 cm³/mol. The van der Waals surface area contributed by atoms with Crippen LogP contribution >= 0.6 is 12.2 Å². The average molecular weight is 450 g/mol. The second-order valence-corrected chi connectivity index (χ2v) is 8.48. The first-order valence-corrected chi connectivity index (χ1v) is 11.4. The Hall–Kier alpha value is -2.94. The molecule has 2 saturated heterocycles. The van der Waals surface area contributed by atoms with E-state index in [1.165, 1.54) is 0 Å². The van der Waals surface area contributed by atoms with Crippen molar-refractivity contribution in [3.63, 3.8) is 0 Å². The van der Waals surface area contributed by atoms with Gasteiger partial charge in [0.25, 0.3) is 0 Å². The van der Waals surface area contributed by atoms with Crippen LogP contribution in [0.3, 0.4) is 0 Å². The fourth-order valence-corrected chi connectivity index (χ4v) is 4.86. The van der Waals surface area contributed by atoms with Gasteiger partial charge < -0.3 is 24.6 Å². The van der Waals surface area contributed by atoms with Gasteiger partial charge in [-0.2, -0.15) is 0 Å². The van der Waals surface area contributed by atoms with Crippen molar-refractivity contribution in [2.24, 2.45) is 0 Å². The van der Waals surface area contributed by atoms with Crippen molar-refractivity contribution in [3.8, 4) is 11.4 Å². The van der Waals surface area contributed by atoms with E-state index in [1.807, 2.05) is 36.5 Å². The van der Waals surface area contributed by atoms with Gasteiger partial charge in [-0.3, -0.25) is 9.88 Å². The van der Waals surface area contributed by atoms with Crippen molar-refractivity contribution in [3.05, 3.63) is 78.4 Å². The molecule has 1 aromatic carbocycles. The minimum atomic E-state index is -0.0563. The number of aromatic hydroxyl groups is 1. The van der Waals surface area contributed by atoms with Gasteiger partial charge in [-0.1, -0.05) is 6.07 Å². The standard InChI is InChI=1S/C24H27N5O2S/c30-19-8-6-18(7-9-19)28-11-3-5-21(28)23-22(20-4-1-2-10-25-20)26-24(32)29(23)13-12-27-14-16-31-17-15-27/h1-11,22-23,30H,12-17H2,(H,26,32)/t22-,23+/m1/s1. The third-order valence-electron chi connectivity index (χ3n) is 6.17. The number of phenols is 1. The molecule has 0 unspecified atom stereocenters. The zero-order valence-electron chi connectivity index (χ0n) is 17.8. The van der Waals surface area contributed by atoms with Gasteiger partial charge in [-0.25, -0.2) is 0 Å². The Morgan fingerprint density at radius 2 is 1.84 bits per heavy atom. The first-order valence-electron chi connectivity index (χ1n) is 11.0. The van der Waals surface area contributed by atoms with Crippen LogP contribution in [-0.2, 0) is 4.74 Å². The summed E-state index contributed by atoms with van der Waals surface area (Å²) in [6, 6.07) is 17.4. The molecule has 2 aromatic heterocycles. The smallest absolute Gasteiger partial charge is 0.170 e. The molecule has 2 N–H and O–H groups in total. The van der Waals surface area contributed by atoms with Gasteiger partial charge in [0.1, 0.15) is 5.75 Å². The van der Waals surface area contributed by atoms with Crippen molar-refractivity contribution in [2.75, 3.05) is 39.4 Å². The molecule has 3 aromatic rings. The Bertz CT molecular complexity index is 1050. The Morgan fingerprint density at radius 3 is 2.59 bits per heavy atom. The molecule has 0 spiro atoms. The highest BCUT2D eigenvalue weighted by molar-refractivity contribution is 7.80. The molecule has 5 rings (SSSR count). The molecular weight excluding hydrogens is 422 g/mol. The highest BCUT2D eigenvalue weighted by Crippen LogP contribution is 2.39. The third kappa shape index (κ3) is 4.21. The third-order valence-corrected chi connectivity index (χ3v) is 6.52. The molecular formula is C24H27N5O2S. The highest BCUT2D eigenvalue weighted by Gasteiger charge is 2.41. The first-order chi connectivity index (χ1) is 15.7. The van der Waals surface area contributed by atoms with E-state index >= 15 is 0 Å². The minimum absolute atomic E-state index is 0.0118. The lowest BCUT2D eigenvalue weighted by atomic mass is 10.0. The number of rotatable bonds is 6. The lowest BCUT2D eigenvalue weighted by Gasteiger charge is -2.32. The molecule has 0 radical (unpaired) electrons. The summed E-state index contributed by atoms with van der Waals surface area (Å²) in [4.78, 5) is 9.35. The highest BCUT2D eigenvalue weighted by atomic mass is 32.1. The monoisotopic (exact) mass is 449 g/mol. The normalized spacial score (nSPS) is 21.6. The second kappa shape index (κ2) is 9.28. The molecule has 7 nitrogen and oxygen atoms in total. The molecule has 2 atom stereocenters.